The number of carboxylic acid groups (broad SMARTS) is 1. The van der Waals surface area contributed by atoms with E-state index in [0.717, 1.165) is 10.5 Å². The maximum Gasteiger partial charge on any atom is 0.323 e. The molecule has 7 heteroatoms. The lowest BCUT2D eigenvalue weighted by Gasteiger charge is -2.18. The molecule has 3 amide bonds. The van der Waals surface area contributed by atoms with Crippen molar-refractivity contribution in [1.82, 2.24) is 10.2 Å². The summed E-state index contributed by atoms with van der Waals surface area (Å²) in [5, 5.41) is 11.2. The molecule has 1 aromatic rings. The number of nitrogens with two attached hydrogens (primary N) is 1. The standard InChI is InChI=1S/C14H15N3O4/c1-2-7-17(9-12(18)19)13(20)11-5-3-10(4-6-11)8-16-14(15)21/h1,3-6H,7-9H2,(H,18,19)(H3,15,16,21). The average molecular weight is 289 g/mol. The van der Waals surface area contributed by atoms with Crippen LogP contribution in [0.5, 0.6) is 0 Å². The molecule has 0 bridgehead atoms. The molecular formula is C14H15N3O4. The van der Waals surface area contributed by atoms with Crippen molar-refractivity contribution in [2.45, 2.75) is 6.54 Å². The third-order valence-electron chi connectivity index (χ3n) is 2.56. The molecule has 1 aromatic carbocycles. The second kappa shape index (κ2) is 7.55. The van der Waals surface area contributed by atoms with Gasteiger partial charge in [-0.05, 0) is 17.7 Å². The van der Waals surface area contributed by atoms with Crippen LogP contribution >= 0.6 is 0 Å². The maximum atomic E-state index is 12.1. The van der Waals surface area contributed by atoms with Crippen LogP contribution in [0, 0.1) is 12.3 Å². The highest BCUT2D eigenvalue weighted by Gasteiger charge is 2.17. The molecule has 0 heterocycles. The van der Waals surface area contributed by atoms with Crippen LogP contribution in [0.15, 0.2) is 24.3 Å². The smallest absolute Gasteiger partial charge is 0.323 e. The van der Waals surface area contributed by atoms with Crippen molar-refractivity contribution < 1.29 is 19.5 Å². The first-order valence-electron chi connectivity index (χ1n) is 6.00. The number of aliphatic carboxylic acids is 1. The first kappa shape index (κ1) is 16.0. The molecule has 0 atom stereocenters. The zero-order chi connectivity index (χ0) is 15.8. The van der Waals surface area contributed by atoms with E-state index in [-0.39, 0.29) is 13.1 Å². The molecule has 7 nitrogen and oxygen atoms in total. The number of benzene rings is 1. The number of hydrogen-bond acceptors (Lipinski definition) is 3. The Balaban J connectivity index is 2.79. The minimum atomic E-state index is -1.14. The first-order chi connectivity index (χ1) is 9.93. The van der Waals surface area contributed by atoms with Crippen molar-refractivity contribution in [1.29, 1.82) is 0 Å². The van der Waals surface area contributed by atoms with Crippen LogP contribution in [0.25, 0.3) is 0 Å². The van der Waals surface area contributed by atoms with E-state index < -0.39 is 24.5 Å². The lowest BCUT2D eigenvalue weighted by atomic mass is 10.1. The van der Waals surface area contributed by atoms with Gasteiger partial charge in [0.2, 0.25) is 0 Å². The summed E-state index contributed by atoms with van der Waals surface area (Å²) in [6.07, 6.45) is 5.12. The van der Waals surface area contributed by atoms with E-state index >= 15 is 0 Å². The van der Waals surface area contributed by atoms with Crippen LogP contribution in [-0.2, 0) is 11.3 Å². The number of carbonyl (C=O) groups is 3. The number of hydrogen-bond donors (Lipinski definition) is 3. The van der Waals surface area contributed by atoms with Gasteiger partial charge in [0, 0.05) is 12.1 Å². The third-order valence-corrected chi connectivity index (χ3v) is 2.56. The van der Waals surface area contributed by atoms with Gasteiger partial charge in [0.15, 0.2) is 0 Å². The Bertz CT molecular complexity index is 575. The van der Waals surface area contributed by atoms with E-state index in [2.05, 4.69) is 11.2 Å². The molecular weight excluding hydrogens is 274 g/mol. The van der Waals surface area contributed by atoms with E-state index in [0.29, 0.717) is 5.56 Å². The van der Waals surface area contributed by atoms with Crippen LogP contribution in [0.4, 0.5) is 4.79 Å². The molecule has 0 unspecified atom stereocenters. The molecule has 0 aliphatic rings. The molecule has 0 saturated carbocycles. The van der Waals surface area contributed by atoms with Gasteiger partial charge in [-0.2, -0.15) is 0 Å². The van der Waals surface area contributed by atoms with Gasteiger partial charge in [-0.1, -0.05) is 18.1 Å². The predicted molar refractivity (Wildman–Crippen MR) is 75.2 cm³/mol. The third kappa shape index (κ3) is 5.24. The largest absolute Gasteiger partial charge is 0.480 e. The van der Waals surface area contributed by atoms with Crippen molar-refractivity contribution in [3.63, 3.8) is 0 Å². The van der Waals surface area contributed by atoms with E-state index in [4.69, 9.17) is 17.3 Å². The number of carboxylic acids is 1. The highest BCUT2D eigenvalue weighted by molar-refractivity contribution is 5.96. The summed E-state index contributed by atoms with van der Waals surface area (Å²) in [4.78, 5) is 34.5. The highest BCUT2D eigenvalue weighted by Crippen LogP contribution is 2.08. The van der Waals surface area contributed by atoms with Crippen molar-refractivity contribution in [2.75, 3.05) is 13.1 Å². The molecule has 0 saturated heterocycles. The number of primary amides is 1. The number of amides is 3. The van der Waals surface area contributed by atoms with Crippen LogP contribution < -0.4 is 11.1 Å². The normalized spacial score (nSPS) is 9.48. The molecule has 21 heavy (non-hydrogen) atoms. The minimum Gasteiger partial charge on any atom is -0.480 e. The second-order valence-electron chi connectivity index (χ2n) is 4.17. The van der Waals surface area contributed by atoms with Gasteiger partial charge >= 0.3 is 12.0 Å². The number of nitrogens with one attached hydrogen (secondary N) is 1. The van der Waals surface area contributed by atoms with Gasteiger partial charge < -0.3 is 21.1 Å². The molecule has 110 valence electrons. The van der Waals surface area contributed by atoms with Gasteiger partial charge in [-0.15, -0.1) is 6.42 Å². The summed E-state index contributed by atoms with van der Waals surface area (Å²) in [6, 6.07) is 5.70. The molecule has 0 aliphatic carbocycles. The van der Waals surface area contributed by atoms with Crippen LogP contribution in [0.2, 0.25) is 0 Å². The number of rotatable bonds is 6. The Morgan fingerprint density at radius 2 is 1.90 bits per heavy atom. The Morgan fingerprint density at radius 3 is 2.38 bits per heavy atom. The zero-order valence-electron chi connectivity index (χ0n) is 11.2. The molecule has 0 radical (unpaired) electrons. The fourth-order valence-corrected chi connectivity index (χ4v) is 1.61. The summed E-state index contributed by atoms with van der Waals surface area (Å²) in [5.41, 5.74) is 6.02. The molecule has 0 aliphatic heterocycles. The minimum absolute atomic E-state index is 0.0872. The summed E-state index contributed by atoms with van der Waals surface area (Å²) in [7, 11) is 0. The molecule has 0 fully saturated rings. The number of carbonyl (C=O) groups excluding carboxylic acids is 2. The first-order valence-corrected chi connectivity index (χ1v) is 6.00. The Labute approximate surface area is 121 Å². The maximum absolute atomic E-state index is 12.1. The topological polar surface area (TPSA) is 113 Å². The van der Waals surface area contributed by atoms with Gasteiger partial charge in [0.25, 0.3) is 5.91 Å². The van der Waals surface area contributed by atoms with E-state index in [1.54, 1.807) is 12.1 Å². The number of nitrogens with zero attached hydrogens (tertiary/aromatic N) is 1. The Hall–Kier alpha value is -3.01. The zero-order valence-corrected chi connectivity index (χ0v) is 11.2. The van der Waals surface area contributed by atoms with Crippen LogP contribution in [-0.4, -0.2) is 41.0 Å². The highest BCUT2D eigenvalue weighted by atomic mass is 16.4. The fourth-order valence-electron chi connectivity index (χ4n) is 1.61. The monoisotopic (exact) mass is 289 g/mol. The average Bonchev–Trinajstić information content (AvgIpc) is 2.44. The lowest BCUT2D eigenvalue weighted by Crippen LogP contribution is -2.36. The Morgan fingerprint density at radius 1 is 1.29 bits per heavy atom. The van der Waals surface area contributed by atoms with Gasteiger partial charge in [0.1, 0.15) is 6.54 Å². The number of terminal acetylenes is 1. The SMILES string of the molecule is C#CCN(CC(=O)O)C(=O)c1ccc(CNC(N)=O)cc1. The van der Waals surface area contributed by atoms with E-state index in [1.165, 1.54) is 12.1 Å². The van der Waals surface area contributed by atoms with Crippen molar-refractivity contribution in [3.05, 3.63) is 35.4 Å². The van der Waals surface area contributed by atoms with Crippen LogP contribution in [0.3, 0.4) is 0 Å². The van der Waals surface area contributed by atoms with Gasteiger partial charge in [0.05, 0.1) is 6.54 Å². The number of urea groups is 1. The summed E-state index contributed by atoms with van der Waals surface area (Å²) in [5.74, 6) is 0.642. The quantitative estimate of drug-likeness (QED) is 0.640. The molecule has 4 N–H and O–H groups in total. The predicted octanol–water partition coefficient (Wildman–Crippen LogP) is 0.0149. The summed E-state index contributed by atoms with van der Waals surface area (Å²) < 4.78 is 0. The second-order valence-corrected chi connectivity index (χ2v) is 4.17. The van der Waals surface area contributed by atoms with Gasteiger partial charge in [-0.25, -0.2) is 4.79 Å². The van der Waals surface area contributed by atoms with Crippen molar-refractivity contribution >= 4 is 17.9 Å². The van der Waals surface area contributed by atoms with Crippen molar-refractivity contribution in [3.8, 4) is 12.3 Å². The van der Waals surface area contributed by atoms with Crippen LogP contribution in [0.1, 0.15) is 15.9 Å². The van der Waals surface area contributed by atoms with Gasteiger partial charge in [-0.3, -0.25) is 9.59 Å². The Kier molecular flexibility index (Phi) is 5.77. The van der Waals surface area contributed by atoms with Crippen molar-refractivity contribution in [2.24, 2.45) is 5.73 Å². The molecule has 0 aromatic heterocycles. The lowest BCUT2D eigenvalue weighted by molar-refractivity contribution is -0.137. The summed E-state index contributed by atoms with van der Waals surface area (Å²) in [6.45, 7) is -0.308. The van der Waals surface area contributed by atoms with E-state index in [1.807, 2.05) is 0 Å². The molecule has 0 spiro atoms. The van der Waals surface area contributed by atoms with E-state index in [9.17, 15) is 14.4 Å². The molecule has 1 rings (SSSR count). The summed E-state index contributed by atoms with van der Waals surface area (Å²) >= 11 is 0. The fraction of sp³-hybridized carbons (Fsp3) is 0.214.